The second-order valence-electron chi connectivity index (χ2n) is 4.70. The number of aromatic amines is 1. The molecule has 1 aromatic heterocycles. The van der Waals surface area contributed by atoms with E-state index in [9.17, 15) is 8.42 Å². The molecule has 108 valence electrons. The number of sulfonamides is 1. The highest BCUT2D eigenvalue weighted by Crippen LogP contribution is 2.22. The van der Waals surface area contributed by atoms with Crippen LogP contribution in [-0.4, -0.2) is 65.9 Å². The van der Waals surface area contributed by atoms with Gasteiger partial charge in [0.1, 0.15) is 4.90 Å². The molecule has 1 aliphatic heterocycles. The summed E-state index contributed by atoms with van der Waals surface area (Å²) in [6, 6.07) is 0. The van der Waals surface area contributed by atoms with Gasteiger partial charge in [-0.1, -0.05) is 15.9 Å². The molecule has 0 aliphatic carbocycles. The molecule has 8 heteroatoms. The van der Waals surface area contributed by atoms with Crippen LogP contribution in [0.4, 0.5) is 0 Å². The van der Waals surface area contributed by atoms with Gasteiger partial charge in [0, 0.05) is 38.1 Å². The predicted molar refractivity (Wildman–Crippen MR) is 77.1 cm³/mol. The third-order valence-electron chi connectivity index (χ3n) is 3.39. The van der Waals surface area contributed by atoms with Gasteiger partial charge >= 0.3 is 0 Å². The van der Waals surface area contributed by atoms with Crippen molar-refractivity contribution in [2.24, 2.45) is 0 Å². The maximum absolute atomic E-state index is 12.6. The van der Waals surface area contributed by atoms with Gasteiger partial charge in [-0.25, -0.2) is 8.42 Å². The van der Waals surface area contributed by atoms with Crippen LogP contribution >= 0.6 is 15.9 Å². The fraction of sp³-hybridized carbons (Fsp3) is 0.727. The molecular formula is C11H19BrN4O2S. The standard InChI is InChI=1S/C11H19BrN4O2S/c1-9-11(10(2)14-13-9)19(17,18)16-7-5-15(4-3-12)6-8-16/h3-8H2,1-2H3,(H,13,14). The summed E-state index contributed by atoms with van der Waals surface area (Å²) in [7, 11) is -3.42. The molecular weight excluding hydrogens is 332 g/mol. The lowest BCUT2D eigenvalue weighted by molar-refractivity contribution is 0.198. The normalized spacial score (nSPS) is 18.9. The lowest BCUT2D eigenvalue weighted by Gasteiger charge is -2.33. The Morgan fingerprint density at radius 3 is 2.37 bits per heavy atom. The van der Waals surface area contributed by atoms with Crippen LogP contribution in [-0.2, 0) is 10.0 Å². The Labute approximate surface area is 122 Å². The molecule has 1 N–H and O–H groups in total. The van der Waals surface area contributed by atoms with Gasteiger partial charge in [-0.05, 0) is 13.8 Å². The van der Waals surface area contributed by atoms with E-state index in [1.807, 2.05) is 0 Å². The Bertz CT molecular complexity index is 515. The average Bonchev–Trinajstić information content (AvgIpc) is 2.70. The van der Waals surface area contributed by atoms with E-state index in [-0.39, 0.29) is 0 Å². The summed E-state index contributed by atoms with van der Waals surface area (Å²) in [6.45, 7) is 7.06. The SMILES string of the molecule is Cc1n[nH]c(C)c1S(=O)(=O)N1CCN(CCBr)CC1. The Morgan fingerprint density at radius 1 is 1.26 bits per heavy atom. The van der Waals surface area contributed by atoms with Gasteiger partial charge in [-0.15, -0.1) is 0 Å². The predicted octanol–water partition coefficient (Wildman–Crippen LogP) is 0.728. The van der Waals surface area contributed by atoms with E-state index in [0.717, 1.165) is 25.0 Å². The van der Waals surface area contributed by atoms with Crippen molar-refractivity contribution < 1.29 is 8.42 Å². The van der Waals surface area contributed by atoms with E-state index in [2.05, 4.69) is 31.0 Å². The summed E-state index contributed by atoms with van der Waals surface area (Å²) in [4.78, 5) is 2.59. The molecule has 2 heterocycles. The average molecular weight is 351 g/mol. The summed E-state index contributed by atoms with van der Waals surface area (Å²) in [5, 5.41) is 7.63. The fourth-order valence-electron chi connectivity index (χ4n) is 2.36. The second-order valence-corrected chi connectivity index (χ2v) is 7.37. The maximum Gasteiger partial charge on any atom is 0.246 e. The number of aromatic nitrogens is 2. The van der Waals surface area contributed by atoms with Crippen molar-refractivity contribution in [3.05, 3.63) is 11.4 Å². The molecule has 1 aliphatic rings. The largest absolute Gasteiger partial charge is 0.300 e. The van der Waals surface area contributed by atoms with Crippen LogP contribution in [0.2, 0.25) is 0 Å². The minimum atomic E-state index is -3.42. The number of aryl methyl sites for hydroxylation is 2. The highest BCUT2D eigenvalue weighted by molar-refractivity contribution is 9.09. The molecule has 1 fully saturated rings. The van der Waals surface area contributed by atoms with Crippen LogP contribution in [0, 0.1) is 13.8 Å². The van der Waals surface area contributed by atoms with Crippen LogP contribution in [0.3, 0.4) is 0 Å². The molecule has 2 rings (SSSR count). The number of hydrogen-bond donors (Lipinski definition) is 1. The van der Waals surface area contributed by atoms with Crippen molar-refractivity contribution in [1.82, 2.24) is 19.4 Å². The maximum atomic E-state index is 12.6. The van der Waals surface area contributed by atoms with E-state index >= 15 is 0 Å². The zero-order chi connectivity index (χ0) is 14.0. The van der Waals surface area contributed by atoms with Gasteiger partial charge in [0.25, 0.3) is 0 Å². The number of piperazine rings is 1. The number of rotatable bonds is 4. The van der Waals surface area contributed by atoms with Crippen LogP contribution in [0.5, 0.6) is 0 Å². The first-order valence-corrected chi connectivity index (χ1v) is 8.83. The van der Waals surface area contributed by atoms with Crippen LogP contribution < -0.4 is 0 Å². The summed E-state index contributed by atoms with van der Waals surface area (Å²) >= 11 is 3.40. The Kier molecular flexibility index (Phi) is 4.65. The molecule has 0 bridgehead atoms. The van der Waals surface area contributed by atoms with E-state index < -0.39 is 10.0 Å². The highest BCUT2D eigenvalue weighted by atomic mass is 79.9. The quantitative estimate of drug-likeness (QED) is 0.812. The monoisotopic (exact) mass is 350 g/mol. The number of nitrogens with one attached hydrogen (secondary N) is 1. The molecule has 0 amide bonds. The van der Waals surface area contributed by atoms with E-state index in [0.29, 0.717) is 29.4 Å². The number of H-pyrrole nitrogens is 1. The van der Waals surface area contributed by atoms with Crippen molar-refractivity contribution >= 4 is 26.0 Å². The van der Waals surface area contributed by atoms with E-state index in [1.54, 1.807) is 18.2 Å². The zero-order valence-electron chi connectivity index (χ0n) is 11.2. The summed E-state index contributed by atoms with van der Waals surface area (Å²) in [6.07, 6.45) is 0. The lowest BCUT2D eigenvalue weighted by Crippen LogP contribution is -2.49. The molecule has 6 nitrogen and oxygen atoms in total. The van der Waals surface area contributed by atoms with Gasteiger partial charge in [-0.3, -0.25) is 10.00 Å². The van der Waals surface area contributed by atoms with Crippen LogP contribution in [0.1, 0.15) is 11.4 Å². The fourth-order valence-corrected chi connectivity index (χ4v) is 4.62. The summed E-state index contributed by atoms with van der Waals surface area (Å²) in [5.74, 6) is 0. The molecule has 0 aromatic carbocycles. The van der Waals surface area contributed by atoms with Crippen molar-refractivity contribution in [3.8, 4) is 0 Å². The van der Waals surface area contributed by atoms with E-state index in [4.69, 9.17) is 0 Å². The molecule has 1 aromatic rings. The minimum absolute atomic E-state index is 0.335. The Morgan fingerprint density at radius 2 is 1.89 bits per heavy atom. The molecule has 0 radical (unpaired) electrons. The van der Waals surface area contributed by atoms with Crippen molar-refractivity contribution in [1.29, 1.82) is 0 Å². The topological polar surface area (TPSA) is 69.3 Å². The van der Waals surface area contributed by atoms with E-state index in [1.165, 1.54) is 0 Å². The Hall–Kier alpha value is -0.440. The number of nitrogens with zero attached hydrogens (tertiary/aromatic N) is 3. The minimum Gasteiger partial charge on any atom is -0.300 e. The van der Waals surface area contributed by atoms with Crippen molar-refractivity contribution in [2.75, 3.05) is 38.1 Å². The van der Waals surface area contributed by atoms with Crippen LogP contribution in [0.25, 0.3) is 0 Å². The van der Waals surface area contributed by atoms with Gasteiger partial charge < -0.3 is 0 Å². The highest BCUT2D eigenvalue weighted by Gasteiger charge is 2.31. The number of alkyl halides is 1. The summed E-state index contributed by atoms with van der Waals surface area (Å²) < 4.78 is 26.7. The molecule has 0 unspecified atom stereocenters. The smallest absolute Gasteiger partial charge is 0.246 e. The molecule has 1 saturated heterocycles. The third-order valence-corrected chi connectivity index (χ3v) is 5.91. The Balaban J connectivity index is 2.15. The van der Waals surface area contributed by atoms with Crippen LogP contribution in [0.15, 0.2) is 4.90 Å². The van der Waals surface area contributed by atoms with Gasteiger partial charge in [0.2, 0.25) is 10.0 Å². The van der Waals surface area contributed by atoms with Gasteiger partial charge in [0.15, 0.2) is 0 Å². The molecule has 0 atom stereocenters. The van der Waals surface area contributed by atoms with Crippen molar-refractivity contribution in [2.45, 2.75) is 18.7 Å². The number of hydrogen-bond acceptors (Lipinski definition) is 4. The lowest BCUT2D eigenvalue weighted by atomic mass is 10.4. The third kappa shape index (κ3) is 3.01. The van der Waals surface area contributed by atoms with Gasteiger partial charge in [-0.2, -0.15) is 9.40 Å². The summed E-state index contributed by atoms with van der Waals surface area (Å²) in [5.41, 5.74) is 1.15. The zero-order valence-corrected chi connectivity index (χ0v) is 13.6. The second kappa shape index (κ2) is 5.90. The first kappa shape index (κ1) is 15.0. The molecule has 0 spiro atoms. The molecule has 19 heavy (non-hydrogen) atoms. The van der Waals surface area contributed by atoms with Crippen molar-refractivity contribution in [3.63, 3.8) is 0 Å². The molecule has 0 saturated carbocycles. The van der Waals surface area contributed by atoms with Gasteiger partial charge in [0.05, 0.1) is 11.4 Å². The first-order chi connectivity index (χ1) is 8.96. The number of halogens is 1. The first-order valence-electron chi connectivity index (χ1n) is 6.27.